The Morgan fingerprint density at radius 1 is 0.811 bits per heavy atom. The molecule has 0 spiro atoms. The van der Waals surface area contributed by atoms with Gasteiger partial charge in [0.2, 0.25) is 0 Å². The molecule has 0 unspecified atom stereocenters. The number of carboxylic acid groups (broad SMARTS) is 1. The van der Waals surface area contributed by atoms with Crippen LogP contribution in [0.4, 0.5) is 5.69 Å². The van der Waals surface area contributed by atoms with Crippen molar-refractivity contribution in [2.45, 2.75) is 25.9 Å². The number of aliphatic carboxylic acids is 1. The summed E-state index contributed by atoms with van der Waals surface area (Å²) in [5.74, 6) is -0.275. The molecule has 4 aromatic carbocycles. The molecule has 0 bridgehead atoms. The zero-order chi connectivity index (χ0) is 25.6. The maximum atomic E-state index is 12.8. The second-order valence-electron chi connectivity index (χ2n) is 8.91. The molecule has 1 heterocycles. The average molecular weight is 491 g/mol. The topological polar surface area (TPSA) is 88.5 Å². The number of hydrogen-bond donors (Lipinski definition) is 2. The number of hydrogen-bond acceptors (Lipinski definition) is 4. The van der Waals surface area contributed by atoms with Crippen molar-refractivity contribution in [1.29, 1.82) is 0 Å². The lowest BCUT2D eigenvalue weighted by Gasteiger charge is -2.10. The molecule has 6 heteroatoms. The van der Waals surface area contributed by atoms with E-state index in [0.717, 1.165) is 38.7 Å². The molecule has 1 amide bonds. The van der Waals surface area contributed by atoms with Crippen molar-refractivity contribution in [3.63, 3.8) is 0 Å². The number of carboxylic acids is 1. The fourth-order valence-corrected chi connectivity index (χ4v) is 4.21. The van der Waals surface area contributed by atoms with E-state index in [2.05, 4.69) is 10.3 Å². The second-order valence-corrected chi connectivity index (χ2v) is 8.91. The molecular weight excluding hydrogens is 464 g/mol. The van der Waals surface area contributed by atoms with Gasteiger partial charge < -0.3 is 15.2 Å². The van der Waals surface area contributed by atoms with Crippen molar-refractivity contribution in [3.05, 3.63) is 114 Å². The molecule has 0 aliphatic carbocycles. The molecule has 0 aliphatic rings. The van der Waals surface area contributed by atoms with Crippen LogP contribution in [0.5, 0.6) is 5.75 Å². The number of benzene rings is 4. The Labute approximate surface area is 214 Å². The summed E-state index contributed by atoms with van der Waals surface area (Å²) < 4.78 is 6.01. The summed E-state index contributed by atoms with van der Waals surface area (Å²) >= 11 is 0. The molecule has 0 atom stereocenters. The van der Waals surface area contributed by atoms with Crippen LogP contribution >= 0.6 is 0 Å². The number of amides is 1. The number of fused-ring (bicyclic) bond motifs is 2. The van der Waals surface area contributed by atoms with Crippen LogP contribution in [0.25, 0.3) is 21.7 Å². The molecule has 2 N–H and O–H groups in total. The molecule has 5 aromatic rings. The molecule has 0 aliphatic heterocycles. The lowest BCUT2D eigenvalue weighted by Crippen LogP contribution is -2.11. The number of ether oxygens (including phenoxy) is 1. The average Bonchev–Trinajstić information content (AvgIpc) is 2.91. The molecule has 6 nitrogen and oxygen atoms in total. The van der Waals surface area contributed by atoms with Crippen LogP contribution in [0.15, 0.2) is 97.1 Å². The molecule has 0 saturated heterocycles. The highest BCUT2D eigenvalue weighted by Crippen LogP contribution is 2.25. The monoisotopic (exact) mass is 490 g/mol. The van der Waals surface area contributed by atoms with E-state index in [1.54, 1.807) is 12.1 Å². The van der Waals surface area contributed by atoms with Gasteiger partial charge in [-0.05, 0) is 77.7 Å². The summed E-state index contributed by atoms with van der Waals surface area (Å²) in [6, 6.07) is 30.9. The quantitative estimate of drug-likeness (QED) is 0.242. The zero-order valence-corrected chi connectivity index (χ0v) is 20.2. The van der Waals surface area contributed by atoms with Gasteiger partial charge in [0.05, 0.1) is 11.2 Å². The largest absolute Gasteiger partial charge is 0.487 e. The van der Waals surface area contributed by atoms with Crippen LogP contribution in [0.3, 0.4) is 0 Å². The SMILES string of the molecule is O=C(O)CCCc1ccc(C(=O)Nc2ccc3ccc(OCc4ccc5ccccc5n4)cc3c2)cc1. The van der Waals surface area contributed by atoms with Gasteiger partial charge in [-0.25, -0.2) is 4.98 Å². The number of nitrogens with zero attached hydrogens (tertiary/aromatic N) is 1. The molecule has 37 heavy (non-hydrogen) atoms. The molecular formula is C31H26N2O4. The maximum absolute atomic E-state index is 12.8. The Hall–Kier alpha value is -4.71. The summed E-state index contributed by atoms with van der Waals surface area (Å²) in [6.07, 6.45) is 1.37. The Kier molecular flexibility index (Phi) is 7.08. The fourth-order valence-electron chi connectivity index (χ4n) is 4.21. The third-order valence-electron chi connectivity index (χ3n) is 6.18. The maximum Gasteiger partial charge on any atom is 0.303 e. The highest BCUT2D eigenvalue weighted by atomic mass is 16.5. The van der Waals surface area contributed by atoms with Gasteiger partial charge in [0, 0.05) is 23.1 Å². The Morgan fingerprint density at radius 2 is 1.59 bits per heavy atom. The second kappa shape index (κ2) is 10.9. The van der Waals surface area contributed by atoms with Crippen molar-refractivity contribution in [1.82, 2.24) is 4.98 Å². The van der Waals surface area contributed by atoms with E-state index in [1.807, 2.05) is 84.9 Å². The van der Waals surface area contributed by atoms with Crippen molar-refractivity contribution in [3.8, 4) is 5.75 Å². The normalized spacial score (nSPS) is 10.9. The Bertz CT molecular complexity index is 1580. The van der Waals surface area contributed by atoms with Crippen LogP contribution in [0.2, 0.25) is 0 Å². The first-order valence-electron chi connectivity index (χ1n) is 12.2. The minimum atomic E-state index is -0.799. The number of aromatic nitrogens is 1. The molecule has 5 rings (SSSR count). The first kappa shape index (κ1) is 24.0. The fraction of sp³-hybridized carbons (Fsp3) is 0.129. The van der Waals surface area contributed by atoms with Crippen molar-refractivity contribution in [2.24, 2.45) is 0 Å². The number of para-hydroxylation sites is 1. The van der Waals surface area contributed by atoms with Gasteiger partial charge >= 0.3 is 5.97 Å². The summed E-state index contributed by atoms with van der Waals surface area (Å²) in [5, 5.41) is 14.8. The van der Waals surface area contributed by atoms with Gasteiger partial charge in [-0.3, -0.25) is 9.59 Å². The van der Waals surface area contributed by atoms with Gasteiger partial charge in [-0.15, -0.1) is 0 Å². The summed E-state index contributed by atoms with van der Waals surface area (Å²) in [6.45, 7) is 0.360. The van der Waals surface area contributed by atoms with E-state index >= 15 is 0 Å². The van der Waals surface area contributed by atoms with Crippen LogP contribution in [-0.2, 0) is 17.8 Å². The third kappa shape index (κ3) is 6.11. The van der Waals surface area contributed by atoms with E-state index in [4.69, 9.17) is 9.84 Å². The smallest absolute Gasteiger partial charge is 0.303 e. The minimum absolute atomic E-state index is 0.136. The molecule has 184 valence electrons. The molecule has 0 radical (unpaired) electrons. The molecule has 0 saturated carbocycles. The van der Waals surface area contributed by atoms with Crippen molar-refractivity contribution < 1.29 is 19.4 Å². The Balaban J connectivity index is 1.23. The van der Waals surface area contributed by atoms with E-state index in [9.17, 15) is 9.59 Å². The van der Waals surface area contributed by atoms with E-state index in [-0.39, 0.29) is 12.3 Å². The number of aryl methyl sites for hydroxylation is 1. The van der Waals surface area contributed by atoms with Gasteiger partial charge in [0.15, 0.2) is 0 Å². The van der Waals surface area contributed by atoms with Crippen LogP contribution in [0, 0.1) is 0 Å². The zero-order valence-electron chi connectivity index (χ0n) is 20.2. The number of anilines is 1. The highest BCUT2D eigenvalue weighted by Gasteiger charge is 2.08. The third-order valence-corrected chi connectivity index (χ3v) is 6.18. The summed E-state index contributed by atoms with van der Waals surface area (Å²) in [7, 11) is 0. The van der Waals surface area contributed by atoms with Gasteiger partial charge in [0.1, 0.15) is 12.4 Å². The summed E-state index contributed by atoms with van der Waals surface area (Å²) in [5.41, 5.74) is 4.04. The number of carbonyl (C=O) groups excluding carboxylic acids is 1. The minimum Gasteiger partial charge on any atom is -0.487 e. The molecule has 1 aromatic heterocycles. The van der Waals surface area contributed by atoms with Crippen LogP contribution in [0.1, 0.15) is 34.5 Å². The van der Waals surface area contributed by atoms with Crippen LogP contribution < -0.4 is 10.1 Å². The van der Waals surface area contributed by atoms with E-state index < -0.39 is 5.97 Å². The van der Waals surface area contributed by atoms with Crippen molar-refractivity contribution in [2.75, 3.05) is 5.32 Å². The van der Waals surface area contributed by atoms with Gasteiger partial charge in [-0.1, -0.05) is 48.5 Å². The standard InChI is InChI=1S/C31H26N2O4/c34-30(35)7-3-4-21-8-10-24(11-9-21)31(36)33-26-15-12-22-14-17-28(19-25(22)18-26)37-20-27-16-13-23-5-1-2-6-29(23)32-27/h1-2,5-6,8-19H,3-4,7,20H2,(H,33,36)(H,34,35). The lowest BCUT2D eigenvalue weighted by atomic mass is 10.1. The predicted octanol–water partition coefficient (Wildman–Crippen LogP) is 6.63. The van der Waals surface area contributed by atoms with E-state index in [1.165, 1.54) is 0 Å². The number of carbonyl (C=O) groups is 2. The van der Waals surface area contributed by atoms with Crippen molar-refractivity contribution >= 4 is 39.2 Å². The molecule has 0 fully saturated rings. The lowest BCUT2D eigenvalue weighted by molar-refractivity contribution is -0.137. The summed E-state index contributed by atoms with van der Waals surface area (Å²) in [4.78, 5) is 28.1. The number of rotatable bonds is 9. The van der Waals surface area contributed by atoms with Gasteiger partial charge in [0.25, 0.3) is 5.91 Å². The number of nitrogens with one attached hydrogen (secondary N) is 1. The number of pyridine rings is 1. The van der Waals surface area contributed by atoms with Gasteiger partial charge in [-0.2, -0.15) is 0 Å². The first-order chi connectivity index (χ1) is 18.0. The Morgan fingerprint density at radius 3 is 2.43 bits per heavy atom. The predicted molar refractivity (Wildman–Crippen MR) is 145 cm³/mol. The first-order valence-corrected chi connectivity index (χ1v) is 12.2. The van der Waals surface area contributed by atoms with Crippen LogP contribution in [-0.4, -0.2) is 22.0 Å². The van der Waals surface area contributed by atoms with E-state index in [0.29, 0.717) is 30.7 Å². The highest BCUT2D eigenvalue weighted by molar-refractivity contribution is 6.05.